The smallest absolute Gasteiger partial charge is 0.0620 e. The van der Waals surface area contributed by atoms with Crippen LogP contribution < -0.4 is 15.9 Å². The molecule has 0 unspecified atom stereocenters. The molecule has 321 valence electrons. The van der Waals surface area contributed by atoms with Gasteiger partial charge in [-0.3, -0.25) is 0 Å². The zero-order valence-corrected chi connectivity index (χ0v) is 42.1. The van der Waals surface area contributed by atoms with Crippen molar-refractivity contribution in [1.29, 1.82) is 0 Å². The Kier molecular flexibility index (Phi) is 21.9. The Bertz CT molecular complexity index is 1210. The minimum Gasteiger partial charge on any atom is -0.0620 e. The molecule has 9 rings (SSSR count). The fourth-order valence-corrected chi connectivity index (χ4v) is 25.5. The van der Waals surface area contributed by atoms with E-state index in [1.54, 1.807) is 15.9 Å². The van der Waals surface area contributed by atoms with Crippen molar-refractivity contribution in [3.8, 4) is 0 Å². The number of benzene rings is 3. The third kappa shape index (κ3) is 14.3. The van der Waals surface area contributed by atoms with E-state index in [2.05, 4.69) is 91.0 Å². The monoisotopic (exact) mass is 1020 g/mol. The van der Waals surface area contributed by atoms with E-state index in [1.807, 2.05) is 0 Å². The second kappa shape index (κ2) is 26.9. The second-order valence-corrected chi connectivity index (χ2v) is 28.8. The molecule has 0 saturated heterocycles. The van der Waals surface area contributed by atoms with Crippen molar-refractivity contribution in [2.45, 2.75) is 227 Å². The molecule has 0 spiro atoms. The van der Waals surface area contributed by atoms with Gasteiger partial charge in [-0.15, -0.1) is 0 Å². The molecule has 0 aliphatic heterocycles. The Hall–Kier alpha value is -0.401. The first-order valence-electron chi connectivity index (χ1n) is 25.1. The van der Waals surface area contributed by atoms with E-state index in [9.17, 15) is 0 Å². The molecule has 3 aromatic carbocycles. The summed E-state index contributed by atoms with van der Waals surface area (Å²) in [5, 5.41) is 5.23. The van der Waals surface area contributed by atoms with Crippen LogP contribution in [-0.2, 0) is 20.1 Å². The van der Waals surface area contributed by atoms with Gasteiger partial charge in [0.25, 0.3) is 0 Å². The van der Waals surface area contributed by atoms with Gasteiger partial charge in [0.1, 0.15) is 0 Å². The summed E-state index contributed by atoms with van der Waals surface area (Å²) in [5.41, 5.74) is 6.44. The molecule has 0 amide bonds. The topological polar surface area (TPSA) is 0 Å². The molecule has 0 nitrogen and oxygen atoms in total. The zero-order chi connectivity index (χ0) is 38.7. The third-order valence-corrected chi connectivity index (χ3v) is 27.3. The number of rotatable bonds is 9. The summed E-state index contributed by atoms with van der Waals surface area (Å²) in [7, 11) is -0.970. The molecule has 4 heteroatoms. The van der Waals surface area contributed by atoms with E-state index >= 15 is 0 Å². The number of hydrogen-bond donors (Lipinski definition) is 0. The van der Waals surface area contributed by atoms with E-state index in [1.165, 1.54) is 193 Å². The van der Waals surface area contributed by atoms with E-state index in [-0.39, 0.29) is 43.9 Å². The van der Waals surface area contributed by atoms with Crippen LogP contribution in [-0.4, -0.2) is 34.0 Å². The van der Waals surface area contributed by atoms with Gasteiger partial charge in [0.15, 0.2) is 0 Å². The van der Waals surface area contributed by atoms with E-state index in [0.717, 1.165) is 34.0 Å². The molecule has 0 heterocycles. The molecule has 0 bridgehead atoms. The minimum atomic E-state index is -0.323. The number of hydrogen-bond acceptors (Lipinski definition) is 0. The molecule has 0 atom stereocenters. The summed E-state index contributed by atoms with van der Waals surface area (Å²) < 4.78 is 0. The van der Waals surface area contributed by atoms with Gasteiger partial charge in [-0.1, -0.05) is 93.1 Å². The zero-order valence-electron chi connectivity index (χ0n) is 36.7. The van der Waals surface area contributed by atoms with Gasteiger partial charge in [-0.2, -0.15) is 0 Å². The maximum absolute atomic E-state index is 2.44. The van der Waals surface area contributed by atoms with Crippen molar-refractivity contribution < 1.29 is 20.1 Å². The van der Waals surface area contributed by atoms with Crippen LogP contribution in [0, 0.1) is 0 Å². The average Bonchev–Trinajstić information content (AvgIpc) is 3.30. The predicted octanol–water partition coefficient (Wildman–Crippen LogP) is 15.6. The maximum Gasteiger partial charge on any atom is 0.0920 e. The van der Waals surface area contributed by atoms with Crippen LogP contribution in [0.3, 0.4) is 0 Å². The summed E-state index contributed by atoms with van der Waals surface area (Å²) in [4.78, 5) is 0. The van der Waals surface area contributed by atoms with Crippen LogP contribution in [0.25, 0.3) is 0 Å². The van der Waals surface area contributed by atoms with Crippen molar-refractivity contribution in [2.75, 3.05) is 0 Å². The summed E-state index contributed by atoms with van der Waals surface area (Å²) in [5.74, 6) is 0. The van der Waals surface area contributed by atoms with Gasteiger partial charge in [-0.05, 0) is 190 Å². The first-order valence-corrected chi connectivity index (χ1v) is 30.1. The van der Waals surface area contributed by atoms with Gasteiger partial charge >= 0.3 is 0 Å². The summed E-state index contributed by atoms with van der Waals surface area (Å²) in [6, 6.07) is 34.8. The summed E-state index contributed by atoms with van der Waals surface area (Å²) in [6.07, 6.45) is 45.3. The molecular formula is C54H84IrP3+3. The standard InChI is InChI=1S/3C18H27P.Ir/c3*1-4-10-16(11-5-1)19(17-12-6-2-7-13-17)18-14-8-3-9-15-18;/h3*1,4-5,10-11,17-18H,2-3,6-9,12-15H2;/p+3. The molecule has 6 aliphatic carbocycles. The van der Waals surface area contributed by atoms with Crippen LogP contribution in [0.15, 0.2) is 91.0 Å². The Morgan fingerprint density at radius 3 is 0.534 bits per heavy atom. The quantitative estimate of drug-likeness (QED) is 0.187. The van der Waals surface area contributed by atoms with Crippen molar-refractivity contribution in [3.05, 3.63) is 91.0 Å². The first kappa shape index (κ1) is 47.1. The molecule has 6 saturated carbocycles. The van der Waals surface area contributed by atoms with Crippen molar-refractivity contribution in [3.63, 3.8) is 0 Å². The summed E-state index contributed by atoms with van der Waals surface area (Å²) in [6.45, 7) is 0. The Morgan fingerprint density at radius 2 is 0.379 bits per heavy atom. The maximum atomic E-state index is 2.44. The van der Waals surface area contributed by atoms with Gasteiger partial charge in [0.2, 0.25) is 0 Å². The van der Waals surface area contributed by atoms with Crippen LogP contribution in [0.1, 0.15) is 193 Å². The molecular weight excluding hydrogens is 934 g/mol. The minimum absolute atomic E-state index is 0. The SMILES string of the molecule is [Ir].c1ccc([PH+](C2CCCCC2)C2CCCCC2)cc1.c1ccc([PH+](C2CCCCC2)C2CCCCC2)cc1.c1ccc([PH+](C2CCCCC2)C2CCCCC2)cc1. The van der Waals surface area contributed by atoms with Crippen molar-refractivity contribution in [2.24, 2.45) is 0 Å². The van der Waals surface area contributed by atoms with Gasteiger partial charge in [0.05, 0.1) is 49.9 Å². The Labute approximate surface area is 375 Å². The Morgan fingerprint density at radius 1 is 0.224 bits per heavy atom. The third-order valence-electron chi connectivity index (χ3n) is 15.6. The van der Waals surface area contributed by atoms with Crippen molar-refractivity contribution >= 4 is 39.7 Å². The van der Waals surface area contributed by atoms with Crippen LogP contribution in [0.5, 0.6) is 0 Å². The van der Waals surface area contributed by atoms with Crippen LogP contribution >= 0.6 is 23.8 Å². The second-order valence-electron chi connectivity index (χ2n) is 19.5. The molecule has 6 aliphatic rings. The summed E-state index contributed by atoms with van der Waals surface area (Å²) >= 11 is 0. The largest absolute Gasteiger partial charge is 0.0920 e. The molecule has 1 radical (unpaired) electrons. The van der Waals surface area contributed by atoms with E-state index in [0.29, 0.717) is 0 Å². The van der Waals surface area contributed by atoms with Gasteiger partial charge in [-0.25, -0.2) is 0 Å². The molecule has 6 fully saturated rings. The normalized spacial score (nSPS) is 22.4. The molecule has 3 aromatic rings. The van der Waals surface area contributed by atoms with E-state index < -0.39 is 0 Å². The molecule has 0 N–H and O–H groups in total. The van der Waals surface area contributed by atoms with Crippen molar-refractivity contribution in [1.82, 2.24) is 0 Å². The molecule has 0 aromatic heterocycles. The Balaban J connectivity index is 0.000000145. The average molecular weight is 1020 g/mol. The van der Waals surface area contributed by atoms with Gasteiger partial charge in [0, 0.05) is 43.9 Å². The fraction of sp³-hybridized carbons (Fsp3) is 0.667. The van der Waals surface area contributed by atoms with Gasteiger partial charge < -0.3 is 0 Å². The first-order chi connectivity index (χ1) is 28.3. The fourth-order valence-electron chi connectivity index (χ4n) is 12.8. The molecule has 58 heavy (non-hydrogen) atoms. The van der Waals surface area contributed by atoms with Crippen LogP contribution in [0.2, 0.25) is 0 Å². The van der Waals surface area contributed by atoms with E-state index in [4.69, 9.17) is 0 Å². The predicted molar refractivity (Wildman–Crippen MR) is 264 cm³/mol. The van der Waals surface area contributed by atoms with Crippen LogP contribution in [0.4, 0.5) is 0 Å².